The Hall–Kier alpha value is -1.70. The summed E-state index contributed by atoms with van der Waals surface area (Å²) >= 11 is 1.06. The number of hydrogen-bond donors (Lipinski definition) is 0. The van der Waals surface area contributed by atoms with Crippen LogP contribution in [0.2, 0.25) is 0 Å². The molecule has 6 nitrogen and oxygen atoms in total. The standard InChI is InChI=1S/C8H7FN2O4S/c1-2-16-8-3-5(9)6(10(12)13)4-7(8)11(14)15/h3-4H,2H2,1H3. The predicted molar refractivity (Wildman–Crippen MR) is 56.1 cm³/mol. The van der Waals surface area contributed by atoms with Crippen LogP contribution in [0.3, 0.4) is 0 Å². The summed E-state index contributed by atoms with van der Waals surface area (Å²) in [6, 6.07) is 1.47. The molecule has 8 heteroatoms. The zero-order chi connectivity index (χ0) is 12.3. The van der Waals surface area contributed by atoms with Gasteiger partial charge in [-0.3, -0.25) is 20.2 Å². The van der Waals surface area contributed by atoms with E-state index >= 15 is 0 Å². The van der Waals surface area contributed by atoms with Crippen molar-refractivity contribution in [3.63, 3.8) is 0 Å². The number of nitrogens with zero attached hydrogens (tertiary/aromatic N) is 2. The highest BCUT2D eigenvalue weighted by Crippen LogP contribution is 2.34. The molecule has 0 amide bonds. The highest BCUT2D eigenvalue weighted by Gasteiger charge is 2.24. The first kappa shape index (κ1) is 12.4. The largest absolute Gasteiger partial charge is 0.311 e. The molecule has 0 saturated heterocycles. The molecule has 0 aromatic heterocycles. The molecule has 0 fully saturated rings. The SMILES string of the molecule is CCSc1cc(F)c([N+](=O)[O-])cc1[N+](=O)[O-]. The zero-order valence-electron chi connectivity index (χ0n) is 8.18. The number of benzene rings is 1. The normalized spacial score (nSPS) is 10.1. The van der Waals surface area contributed by atoms with Crippen LogP contribution in [-0.2, 0) is 0 Å². The van der Waals surface area contributed by atoms with Gasteiger partial charge in [-0.15, -0.1) is 11.8 Å². The van der Waals surface area contributed by atoms with E-state index in [9.17, 15) is 24.6 Å². The Kier molecular flexibility index (Phi) is 3.78. The van der Waals surface area contributed by atoms with Gasteiger partial charge in [-0.1, -0.05) is 6.92 Å². The first-order valence-corrected chi connectivity index (χ1v) is 5.21. The van der Waals surface area contributed by atoms with Crippen molar-refractivity contribution in [3.05, 3.63) is 38.2 Å². The van der Waals surface area contributed by atoms with Gasteiger partial charge in [0.2, 0.25) is 5.82 Å². The molecule has 0 aliphatic carbocycles. The summed E-state index contributed by atoms with van der Waals surface area (Å²) in [4.78, 5) is 19.4. The van der Waals surface area contributed by atoms with E-state index in [0.717, 1.165) is 17.8 Å². The van der Waals surface area contributed by atoms with E-state index in [-0.39, 0.29) is 4.90 Å². The van der Waals surface area contributed by atoms with Gasteiger partial charge in [-0.05, 0) is 5.75 Å². The molecule has 86 valence electrons. The first-order chi connectivity index (χ1) is 7.47. The van der Waals surface area contributed by atoms with Crippen molar-refractivity contribution in [3.8, 4) is 0 Å². The Labute approximate surface area is 93.8 Å². The molecule has 1 aromatic rings. The molecule has 1 aromatic carbocycles. The molecule has 0 aliphatic rings. The average molecular weight is 246 g/mol. The molecule has 0 heterocycles. The monoisotopic (exact) mass is 246 g/mol. The number of hydrogen-bond acceptors (Lipinski definition) is 5. The Balaban J connectivity index is 3.36. The van der Waals surface area contributed by atoms with E-state index in [0.29, 0.717) is 11.8 Å². The smallest absolute Gasteiger partial charge is 0.258 e. The van der Waals surface area contributed by atoms with Crippen LogP contribution in [0.4, 0.5) is 15.8 Å². The first-order valence-electron chi connectivity index (χ1n) is 4.22. The molecule has 0 spiro atoms. The number of halogens is 1. The Bertz CT molecular complexity index is 452. The second-order valence-electron chi connectivity index (χ2n) is 2.72. The van der Waals surface area contributed by atoms with Crippen molar-refractivity contribution < 1.29 is 14.2 Å². The molecule has 16 heavy (non-hydrogen) atoms. The number of nitro groups is 2. The molecule has 0 atom stereocenters. The number of rotatable bonds is 4. The summed E-state index contributed by atoms with van der Waals surface area (Å²) in [5.41, 5.74) is -1.33. The lowest BCUT2D eigenvalue weighted by molar-refractivity contribution is -0.397. The number of thioether (sulfide) groups is 1. The fourth-order valence-corrected chi connectivity index (χ4v) is 1.87. The maximum atomic E-state index is 13.2. The summed E-state index contributed by atoms with van der Waals surface area (Å²) in [5.74, 6) is -0.551. The van der Waals surface area contributed by atoms with Crippen LogP contribution < -0.4 is 0 Å². The van der Waals surface area contributed by atoms with Gasteiger partial charge in [0, 0.05) is 6.07 Å². The highest BCUT2D eigenvalue weighted by atomic mass is 32.2. The van der Waals surface area contributed by atoms with Crippen LogP contribution in [0.1, 0.15) is 6.92 Å². The second-order valence-corrected chi connectivity index (χ2v) is 4.02. The predicted octanol–water partition coefficient (Wildman–Crippen LogP) is 2.75. The van der Waals surface area contributed by atoms with Crippen molar-refractivity contribution >= 4 is 23.1 Å². The van der Waals surface area contributed by atoms with Crippen molar-refractivity contribution in [1.29, 1.82) is 0 Å². The lowest BCUT2D eigenvalue weighted by Crippen LogP contribution is -1.97. The summed E-state index contributed by atoms with van der Waals surface area (Å²) in [6.45, 7) is 1.74. The van der Waals surface area contributed by atoms with Crippen LogP contribution in [0.25, 0.3) is 0 Å². The summed E-state index contributed by atoms with van der Waals surface area (Å²) in [5, 5.41) is 21.0. The van der Waals surface area contributed by atoms with Crippen molar-refractivity contribution in [2.75, 3.05) is 5.75 Å². The minimum Gasteiger partial charge on any atom is -0.258 e. The van der Waals surface area contributed by atoms with Crippen LogP contribution in [0, 0.1) is 26.0 Å². The third-order valence-corrected chi connectivity index (χ3v) is 2.65. The lowest BCUT2D eigenvalue weighted by Gasteiger charge is -2.01. The fraction of sp³-hybridized carbons (Fsp3) is 0.250. The van der Waals surface area contributed by atoms with Gasteiger partial charge >= 0.3 is 5.69 Å². The Morgan fingerprint density at radius 2 is 1.81 bits per heavy atom. The van der Waals surface area contributed by atoms with Crippen LogP contribution in [-0.4, -0.2) is 15.6 Å². The van der Waals surface area contributed by atoms with Gasteiger partial charge < -0.3 is 0 Å². The molecule has 0 radical (unpaired) electrons. The van der Waals surface area contributed by atoms with Crippen molar-refractivity contribution in [2.45, 2.75) is 11.8 Å². The Morgan fingerprint density at radius 3 is 2.25 bits per heavy atom. The lowest BCUT2D eigenvalue weighted by atomic mass is 10.2. The van der Waals surface area contributed by atoms with Gasteiger partial charge in [0.05, 0.1) is 20.8 Å². The van der Waals surface area contributed by atoms with E-state index in [1.165, 1.54) is 0 Å². The maximum Gasteiger partial charge on any atom is 0.311 e. The third kappa shape index (κ3) is 2.45. The van der Waals surface area contributed by atoms with Gasteiger partial charge in [0.1, 0.15) is 0 Å². The van der Waals surface area contributed by atoms with Gasteiger partial charge in [0.25, 0.3) is 5.69 Å². The second kappa shape index (κ2) is 4.88. The van der Waals surface area contributed by atoms with E-state index in [1.54, 1.807) is 6.92 Å². The van der Waals surface area contributed by atoms with Crippen molar-refractivity contribution in [1.82, 2.24) is 0 Å². The fourth-order valence-electron chi connectivity index (χ4n) is 1.09. The van der Waals surface area contributed by atoms with Gasteiger partial charge in [-0.2, -0.15) is 4.39 Å². The van der Waals surface area contributed by atoms with Crippen LogP contribution in [0.15, 0.2) is 17.0 Å². The molecular formula is C8H7FN2O4S. The molecule has 0 bridgehead atoms. The minimum atomic E-state index is -1.06. The quantitative estimate of drug-likeness (QED) is 0.463. The zero-order valence-corrected chi connectivity index (χ0v) is 8.99. The van der Waals surface area contributed by atoms with Gasteiger partial charge in [0.15, 0.2) is 0 Å². The summed E-state index contributed by atoms with van der Waals surface area (Å²) in [6.07, 6.45) is 0. The molecule has 0 N–H and O–H groups in total. The molecule has 1 rings (SSSR count). The number of nitro benzene ring substituents is 2. The van der Waals surface area contributed by atoms with Crippen LogP contribution >= 0.6 is 11.8 Å². The Morgan fingerprint density at radius 1 is 1.25 bits per heavy atom. The highest BCUT2D eigenvalue weighted by molar-refractivity contribution is 7.99. The van der Waals surface area contributed by atoms with E-state index in [2.05, 4.69) is 0 Å². The minimum absolute atomic E-state index is 0.0931. The topological polar surface area (TPSA) is 86.3 Å². The molecule has 0 saturated carbocycles. The third-order valence-electron chi connectivity index (χ3n) is 1.72. The van der Waals surface area contributed by atoms with Crippen molar-refractivity contribution in [2.24, 2.45) is 0 Å². The van der Waals surface area contributed by atoms with E-state index in [1.807, 2.05) is 0 Å². The van der Waals surface area contributed by atoms with Gasteiger partial charge in [-0.25, -0.2) is 0 Å². The maximum absolute atomic E-state index is 13.2. The molecule has 0 aliphatic heterocycles. The van der Waals surface area contributed by atoms with E-state index in [4.69, 9.17) is 0 Å². The molecule has 0 unspecified atom stereocenters. The summed E-state index contributed by atoms with van der Waals surface area (Å²) in [7, 11) is 0. The van der Waals surface area contributed by atoms with E-state index < -0.39 is 27.0 Å². The molecular weight excluding hydrogens is 239 g/mol. The average Bonchev–Trinajstić information content (AvgIpc) is 2.17. The summed E-state index contributed by atoms with van der Waals surface area (Å²) < 4.78 is 13.2. The van der Waals surface area contributed by atoms with Crippen LogP contribution in [0.5, 0.6) is 0 Å².